The second-order valence-electron chi connectivity index (χ2n) is 5.48. The minimum atomic E-state index is -1.09. The summed E-state index contributed by atoms with van der Waals surface area (Å²) in [5, 5.41) is 19.4. The number of nitrogens with zero attached hydrogens (tertiary/aromatic N) is 4. The molecule has 8 heteroatoms. The van der Waals surface area contributed by atoms with E-state index in [1.54, 1.807) is 4.90 Å². The molecule has 2 unspecified atom stereocenters. The van der Waals surface area contributed by atoms with Crippen molar-refractivity contribution < 1.29 is 14.7 Å². The highest BCUT2D eigenvalue weighted by atomic mass is 16.4. The molecule has 0 bridgehead atoms. The van der Waals surface area contributed by atoms with Gasteiger partial charge in [-0.05, 0) is 18.9 Å². The molecule has 0 saturated carbocycles. The lowest BCUT2D eigenvalue weighted by atomic mass is 9.99. The maximum Gasteiger partial charge on any atom is 0.358 e. The van der Waals surface area contributed by atoms with Gasteiger partial charge in [0.15, 0.2) is 5.69 Å². The van der Waals surface area contributed by atoms with Crippen LogP contribution in [0.25, 0.3) is 0 Å². The van der Waals surface area contributed by atoms with Gasteiger partial charge in [0.25, 0.3) is 0 Å². The van der Waals surface area contributed by atoms with Gasteiger partial charge in [-0.3, -0.25) is 4.79 Å². The van der Waals surface area contributed by atoms with Crippen LogP contribution in [0.3, 0.4) is 0 Å². The van der Waals surface area contributed by atoms with Gasteiger partial charge >= 0.3 is 5.97 Å². The minimum Gasteiger partial charge on any atom is -0.476 e. The Labute approximate surface area is 115 Å². The average Bonchev–Trinajstić information content (AvgIpc) is 2.95. The fourth-order valence-electron chi connectivity index (χ4n) is 2.72. The molecule has 1 amide bonds. The van der Waals surface area contributed by atoms with Crippen LogP contribution in [0.2, 0.25) is 0 Å². The van der Waals surface area contributed by atoms with Gasteiger partial charge in [-0.1, -0.05) is 12.1 Å². The van der Waals surface area contributed by atoms with Crippen molar-refractivity contribution in [3.8, 4) is 0 Å². The van der Waals surface area contributed by atoms with E-state index in [2.05, 4.69) is 22.6 Å². The molecule has 1 aromatic heterocycles. The Morgan fingerprint density at radius 1 is 1.45 bits per heavy atom. The van der Waals surface area contributed by atoms with Gasteiger partial charge in [0.05, 0.1) is 18.3 Å². The number of likely N-dealkylation sites (tertiary alicyclic amines) is 1. The van der Waals surface area contributed by atoms with E-state index in [0.717, 1.165) is 13.0 Å². The average molecular weight is 279 g/mol. The topological polar surface area (TPSA) is 100 Å². The normalized spacial score (nSPS) is 26.6. The van der Waals surface area contributed by atoms with E-state index >= 15 is 0 Å². The fraction of sp³-hybridized carbons (Fsp3) is 0.667. The summed E-state index contributed by atoms with van der Waals surface area (Å²) in [5.74, 6) is -0.594. The molecule has 3 rings (SSSR count). The van der Waals surface area contributed by atoms with Crippen LogP contribution in [0.5, 0.6) is 0 Å². The van der Waals surface area contributed by atoms with Crippen molar-refractivity contribution in [1.82, 2.24) is 25.2 Å². The van der Waals surface area contributed by atoms with E-state index in [-0.39, 0.29) is 23.7 Å². The molecule has 1 aromatic rings. The van der Waals surface area contributed by atoms with Crippen LogP contribution in [-0.4, -0.2) is 62.6 Å². The highest BCUT2D eigenvalue weighted by molar-refractivity contribution is 5.85. The number of amides is 1. The lowest BCUT2D eigenvalue weighted by Crippen LogP contribution is -2.56. The van der Waals surface area contributed by atoms with Gasteiger partial charge in [-0.2, -0.15) is 0 Å². The number of hydrogen-bond acceptors (Lipinski definition) is 5. The highest BCUT2D eigenvalue weighted by Gasteiger charge is 2.39. The Morgan fingerprint density at radius 2 is 2.20 bits per heavy atom. The zero-order valence-corrected chi connectivity index (χ0v) is 11.2. The largest absolute Gasteiger partial charge is 0.476 e. The maximum absolute atomic E-state index is 12.3. The molecule has 0 aromatic carbocycles. The summed E-state index contributed by atoms with van der Waals surface area (Å²) in [5.41, 5.74) is -0.0686. The van der Waals surface area contributed by atoms with Crippen LogP contribution in [0.1, 0.15) is 29.9 Å². The Kier molecular flexibility index (Phi) is 3.17. The Bertz CT molecular complexity index is 537. The number of carbonyl (C=O) groups excluding carboxylic acids is 1. The van der Waals surface area contributed by atoms with Crippen LogP contribution < -0.4 is 5.32 Å². The first-order valence-electron chi connectivity index (χ1n) is 6.73. The summed E-state index contributed by atoms with van der Waals surface area (Å²) >= 11 is 0. The Morgan fingerprint density at radius 3 is 2.75 bits per heavy atom. The van der Waals surface area contributed by atoms with Gasteiger partial charge in [0, 0.05) is 13.1 Å². The Balaban J connectivity index is 1.58. The second-order valence-corrected chi connectivity index (χ2v) is 5.48. The molecular weight excluding hydrogens is 262 g/mol. The van der Waals surface area contributed by atoms with Crippen LogP contribution >= 0.6 is 0 Å². The molecule has 0 spiro atoms. The molecule has 2 atom stereocenters. The molecule has 2 fully saturated rings. The molecular formula is C12H17N5O3. The smallest absolute Gasteiger partial charge is 0.358 e. The predicted octanol–water partition coefficient (Wildman–Crippen LogP) is -0.642. The number of rotatable bonds is 3. The maximum atomic E-state index is 12.3. The van der Waals surface area contributed by atoms with Gasteiger partial charge in [-0.25, -0.2) is 9.48 Å². The van der Waals surface area contributed by atoms with Crippen molar-refractivity contribution in [2.45, 2.75) is 25.4 Å². The first-order valence-corrected chi connectivity index (χ1v) is 6.73. The number of hydrogen-bond donors (Lipinski definition) is 2. The van der Waals surface area contributed by atoms with E-state index in [9.17, 15) is 9.59 Å². The summed E-state index contributed by atoms with van der Waals surface area (Å²) in [6.07, 6.45) is 2.43. The fourth-order valence-corrected chi connectivity index (χ4v) is 2.72. The monoisotopic (exact) mass is 279 g/mol. The first-order chi connectivity index (χ1) is 9.56. The molecule has 108 valence electrons. The third-order valence-corrected chi connectivity index (χ3v) is 4.08. The number of carboxylic acid groups (broad SMARTS) is 1. The van der Waals surface area contributed by atoms with Crippen LogP contribution in [0.15, 0.2) is 6.20 Å². The second kappa shape index (κ2) is 4.86. The van der Waals surface area contributed by atoms with Crippen molar-refractivity contribution in [2.24, 2.45) is 5.92 Å². The number of nitrogens with one attached hydrogen (secondary N) is 1. The number of carboxylic acids is 1. The first kappa shape index (κ1) is 13.0. The zero-order chi connectivity index (χ0) is 14.3. The van der Waals surface area contributed by atoms with Crippen LogP contribution in [0, 0.1) is 5.92 Å². The number of carbonyl (C=O) groups is 2. The number of aromatic carboxylic acids is 1. The quantitative estimate of drug-likeness (QED) is 0.763. The van der Waals surface area contributed by atoms with Crippen molar-refractivity contribution in [2.75, 3.05) is 19.6 Å². The van der Waals surface area contributed by atoms with E-state index < -0.39 is 5.97 Å². The van der Waals surface area contributed by atoms with E-state index in [1.165, 1.54) is 10.9 Å². The zero-order valence-electron chi connectivity index (χ0n) is 11.2. The molecule has 2 saturated heterocycles. The van der Waals surface area contributed by atoms with Crippen molar-refractivity contribution >= 4 is 11.9 Å². The van der Waals surface area contributed by atoms with Gasteiger partial charge in [0.1, 0.15) is 0 Å². The standard InChI is InChI=1S/C12H17N5O3/c1-7-2-3-13-10(7)11(18)16-4-8(5-16)17-6-9(12(19)20)14-15-17/h6-8,10,13H,2-5H2,1H3,(H,19,20). The summed E-state index contributed by atoms with van der Waals surface area (Å²) in [6, 6.07) is -0.0578. The molecule has 2 aliphatic rings. The predicted molar refractivity (Wildman–Crippen MR) is 68.2 cm³/mol. The van der Waals surface area contributed by atoms with E-state index in [4.69, 9.17) is 5.11 Å². The summed E-state index contributed by atoms with van der Waals surface area (Å²) in [7, 11) is 0. The van der Waals surface area contributed by atoms with E-state index in [1.807, 2.05) is 0 Å². The van der Waals surface area contributed by atoms with Crippen molar-refractivity contribution in [1.29, 1.82) is 0 Å². The highest BCUT2D eigenvalue weighted by Crippen LogP contribution is 2.24. The Hall–Kier alpha value is -1.96. The molecule has 3 heterocycles. The van der Waals surface area contributed by atoms with Gasteiger partial charge < -0.3 is 15.3 Å². The van der Waals surface area contributed by atoms with E-state index in [0.29, 0.717) is 19.0 Å². The van der Waals surface area contributed by atoms with Crippen LogP contribution in [0.4, 0.5) is 0 Å². The minimum absolute atomic E-state index is 0.0243. The molecule has 8 nitrogen and oxygen atoms in total. The number of aromatic nitrogens is 3. The summed E-state index contributed by atoms with van der Waals surface area (Å²) in [6.45, 7) is 4.09. The molecule has 2 N–H and O–H groups in total. The van der Waals surface area contributed by atoms with Crippen LogP contribution in [-0.2, 0) is 4.79 Å². The third kappa shape index (κ3) is 2.15. The lowest BCUT2D eigenvalue weighted by molar-refractivity contribution is -0.140. The van der Waals surface area contributed by atoms with Gasteiger partial charge in [0.2, 0.25) is 5.91 Å². The van der Waals surface area contributed by atoms with Gasteiger partial charge in [-0.15, -0.1) is 5.10 Å². The summed E-state index contributed by atoms with van der Waals surface area (Å²) < 4.78 is 1.53. The SMILES string of the molecule is CC1CCNC1C(=O)N1CC(n2cc(C(=O)O)nn2)C1. The lowest BCUT2D eigenvalue weighted by Gasteiger charge is -2.40. The van der Waals surface area contributed by atoms with Crippen molar-refractivity contribution in [3.05, 3.63) is 11.9 Å². The molecule has 0 radical (unpaired) electrons. The summed E-state index contributed by atoms with van der Waals surface area (Å²) in [4.78, 5) is 24.8. The molecule has 0 aliphatic carbocycles. The molecule has 2 aliphatic heterocycles. The third-order valence-electron chi connectivity index (χ3n) is 4.08. The molecule has 20 heavy (non-hydrogen) atoms. The van der Waals surface area contributed by atoms with Crippen molar-refractivity contribution in [3.63, 3.8) is 0 Å².